The summed E-state index contributed by atoms with van der Waals surface area (Å²) < 4.78 is 11.7. The van der Waals surface area contributed by atoms with Gasteiger partial charge in [-0.1, -0.05) is 20.8 Å². The molecule has 0 aliphatic carbocycles. The Morgan fingerprint density at radius 3 is 2.25 bits per heavy atom. The molecule has 0 unspecified atom stereocenters. The number of aliphatic hydroxyl groups is 1. The molecule has 0 bridgehead atoms. The first-order valence-corrected chi connectivity index (χ1v) is 11.4. The predicted molar refractivity (Wildman–Crippen MR) is 107 cm³/mol. The van der Waals surface area contributed by atoms with E-state index in [9.17, 15) is 23.9 Å². The van der Waals surface area contributed by atoms with E-state index in [1.54, 1.807) is 6.92 Å². The van der Waals surface area contributed by atoms with Crippen LogP contribution in [0.5, 0.6) is 0 Å². The van der Waals surface area contributed by atoms with Crippen LogP contribution in [0.2, 0.25) is 0 Å². The molecule has 0 saturated carbocycles. The molecule has 28 heavy (non-hydrogen) atoms. The van der Waals surface area contributed by atoms with E-state index in [4.69, 9.17) is 16.6 Å². The zero-order valence-electron chi connectivity index (χ0n) is 17.1. The summed E-state index contributed by atoms with van der Waals surface area (Å²) in [5, 5.41) is 14.1. The Labute approximate surface area is 167 Å². The van der Waals surface area contributed by atoms with Crippen molar-refractivity contribution in [2.24, 2.45) is 17.4 Å². The third-order valence-corrected chi connectivity index (χ3v) is 5.80. The van der Waals surface area contributed by atoms with Crippen molar-refractivity contribution >= 4 is 19.3 Å². The summed E-state index contributed by atoms with van der Waals surface area (Å²) in [5.74, 6) is -2.54. The second kappa shape index (κ2) is 12.6. The molecule has 166 valence electrons. The van der Waals surface area contributed by atoms with E-state index >= 15 is 0 Å². The van der Waals surface area contributed by atoms with Crippen molar-refractivity contribution in [2.45, 2.75) is 70.2 Å². The van der Waals surface area contributed by atoms with Crippen molar-refractivity contribution < 1.29 is 29.0 Å². The zero-order valence-corrected chi connectivity index (χ0v) is 18.0. The van der Waals surface area contributed by atoms with Gasteiger partial charge in [-0.05, 0) is 44.6 Å². The van der Waals surface area contributed by atoms with Crippen molar-refractivity contribution in [3.8, 4) is 0 Å². The molecule has 11 heteroatoms. The fourth-order valence-electron chi connectivity index (χ4n) is 2.94. The van der Waals surface area contributed by atoms with Gasteiger partial charge in [0, 0.05) is 6.54 Å². The number of aliphatic hydroxyl groups excluding tert-OH is 1. The second-order valence-corrected chi connectivity index (χ2v) is 9.22. The summed E-state index contributed by atoms with van der Waals surface area (Å²) in [5.41, 5.74) is 9.86. The van der Waals surface area contributed by atoms with E-state index in [0.717, 1.165) is 0 Å². The van der Waals surface area contributed by atoms with E-state index < -0.39 is 36.6 Å². The highest BCUT2D eigenvalue weighted by Crippen LogP contribution is 2.41. The quantitative estimate of drug-likeness (QED) is 0.102. The fourth-order valence-corrected chi connectivity index (χ4v) is 3.79. The third kappa shape index (κ3) is 8.65. The molecule has 0 aromatic carbocycles. The van der Waals surface area contributed by atoms with Gasteiger partial charge in [0.25, 0.3) is 0 Å². The largest absolute Gasteiger partial charge is 0.395 e. The maximum absolute atomic E-state index is 13.3. The third-order valence-electron chi connectivity index (χ3n) is 4.48. The molecular formula is C17H37N4O6P. The Bertz CT molecular complexity index is 542. The average Bonchev–Trinajstić information content (AvgIpc) is 2.60. The van der Waals surface area contributed by atoms with Gasteiger partial charge in [-0.15, -0.1) is 0 Å². The van der Waals surface area contributed by atoms with Crippen LogP contribution in [0.25, 0.3) is 0 Å². The minimum absolute atomic E-state index is 0.0181. The molecule has 0 aromatic rings. The summed E-state index contributed by atoms with van der Waals surface area (Å²) in [7, 11) is -4.49. The minimum atomic E-state index is -4.49. The van der Waals surface area contributed by atoms with Crippen molar-refractivity contribution in [3.63, 3.8) is 0 Å². The van der Waals surface area contributed by atoms with E-state index in [-0.39, 0.29) is 38.3 Å². The lowest BCUT2D eigenvalue weighted by Crippen LogP contribution is -2.65. The first kappa shape index (κ1) is 27.1. The molecule has 0 fully saturated rings. The number of unbranched alkanes of at least 4 members (excludes halogenated alkanes) is 1. The highest BCUT2D eigenvalue weighted by molar-refractivity contribution is 7.52. The van der Waals surface area contributed by atoms with Gasteiger partial charge in [0.1, 0.15) is 5.78 Å². The topological polar surface area (TPSA) is 188 Å². The molecule has 3 atom stereocenters. The zero-order chi connectivity index (χ0) is 22.0. The number of Topliss-reactive ketones (excluding diaryl/α,β-unsaturated/α-hetero) is 1. The Morgan fingerprint density at radius 1 is 1.21 bits per heavy atom. The average molecular weight is 424 g/mol. The lowest BCUT2D eigenvalue weighted by molar-refractivity contribution is -0.138. The first-order chi connectivity index (χ1) is 12.9. The number of hydrogen-bond donors (Lipinski definition) is 7. The van der Waals surface area contributed by atoms with E-state index in [0.29, 0.717) is 19.4 Å². The van der Waals surface area contributed by atoms with Crippen LogP contribution in [-0.4, -0.2) is 63.6 Å². The number of hydrogen-bond acceptors (Lipinski definition) is 7. The summed E-state index contributed by atoms with van der Waals surface area (Å²) in [6.45, 7) is 5.34. The number of carbonyl (C=O) groups excluding carboxylic acids is 2. The smallest absolute Gasteiger partial charge is 0.342 e. The van der Waals surface area contributed by atoms with Crippen molar-refractivity contribution in [1.29, 1.82) is 0 Å². The van der Waals surface area contributed by atoms with Gasteiger partial charge in [-0.2, -0.15) is 0 Å². The molecule has 0 aromatic heterocycles. The summed E-state index contributed by atoms with van der Waals surface area (Å²) in [4.78, 5) is 45.0. The van der Waals surface area contributed by atoms with Crippen LogP contribution in [0.3, 0.4) is 0 Å². The Kier molecular flexibility index (Phi) is 12.2. The molecule has 0 heterocycles. The van der Waals surface area contributed by atoms with Crippen molar-refractivity contribution in [1.82, 2.24) is 10.6 Å². The van der Waals surface area contributed by atoms with Crippen molar-refractivity contribution in [3.05, 3.63) is 0 Å². The van der Waals surface area contributed by atoms with Crippen LogP contribution in [-0.2, 0) is 14.2 Å². The maximum Gasteiger partial charge on any atom is 0.342 e. The molecule has 0 saturated heterocycles. The van der Waals surface area contributed by atoms with Crippen LogP contribution in [0.4, 0.5) is 0 Å². The van der Waals surface area contributed by atoms with Gasteiger partial charge in [0.2, 0.25) is 5.91 Å². The number of nitrogens with one attached hydrogen (secondary N) is 2. The predicted octanol–water partition coefficient (Wildman–Crippen LogP) is -0.591. The van der Waals surface area contributed by atoms with Crippen LogP contribution in [0.15, 0.2) is 0 Å². The number of amides is 1. The SMILES string of the molecule is CC[C@H](N[C@@H](CC(C)C)C(=O)[C@@](N)(CCCCN)C(=O)NCCO)P(=O)(O)O. The van der Waals surface area contributed by atoms with Crippen LogP contribution in [0.1, 0.15) is 52.9 Å². The number of carbonyl (C=O) groups is 2. The number of rotatable bonds is 15. The summed E-state index contributed by atoms with van der Waals surface area (Å²) >= 11 is 0. The normalized spacial score (nSPS) is 16.5. The molecule has 0 radical (unpaired) electrons. The van der Waals surface area contributed by atoms with Gasteiger partial charge >= 0.3 is 7.60 Å². The molecule has 10 nitrogen and oxygen atoms in total. The standard InChI is InChI=1S/C17H37N4O6P/c1-4-14(28(25,26)27)21-13(11-12(2)3)15(23)17(19,7-5-6-8-18)16(24)20-9-10-22/h12-14,21-22H,4-11,18-19H2,1-3H3,(H,20,24)(H2,25,26,27)/t13-,14+,17-/m0/s1. The lowest BCUT2D eigenvalue weighted by atomic mass is 9.82. The van der Waals surface area contributed by atoms with E-state index in [2.05, 4.69) is 10.6 Å². The lowest BCUT2D eigenvalue weighted by Gasteiger charge is -2.33. The first-order valence-electron chi connectivity index (χ1n) is 9.67. The maximum atomic E-state index is 13.3. The summed E-state index contributed by atoms with van der Waals surface area (Å²) in [6, 6.07) is -1.000. The molecule has 0 aliphatic heterocycles. The Morgan fingerprint density at radius 2 is 1.82 bits per heavy atom. The molecule has 9 N–H and O–H groups in total. The van der Waals surface area contributed by atoms with Crippen LogP contribution < -0.4 is 22.1 Å². The van der Waals surface area contributed by atoms with Gasteiger partial charge in [-0.25, -0.2) is 0 Å². The molecular weight excluding hydrogens is 387 g/mol. The minimum Gasteiger partial charge on any atom is -0.395 e. The Hall–Kier alpha value is -0.870. The van der Waals surface area contributed by atoms with E-state index in [1.807, 2.05) is 13.8 Å². The number of nitrogens with two attached hydrogens (primary N) is 2. The molecule has 1 amide bonds. The molecule has 0 rings (SSSR count). The van der Waals surface area contributed by atoms with Gasteiger partial charge in [0.15, 0.2) is 11.3 Å². The van der Waals surface area contributed by atoms with E-state index in [1.165, 1.54) is 0 Å². The number of ketones is 1. The fraction of sp³-hybridized carbons (Fsp3) is 0.882. The monoisotopic (exact) mass is 424 g/mol. The molecule has 0 aliphatic rings. The highest BCUT2D eigenvalue weighted by Gasteiger charge is 2.45. The van der Waals surface area contributed by atoms with Gasteiger partial charge in [0.05, 0.1) is 12.6 Å². The molecule has 0 spiro atoms. The van der Waals surface area contributed by atoms with Crippen LogP contribution in [0, 0.1) is 5.92 Å². The summed E-state index contributed by atoms with van der Waals surface area (Å²) in [6.07, 6.45) is 1.42. The van der Waals surface area contributed by atoms with Crippen LogP contribution >= 0.6 is 7.60 Å². The highest BCUT2D eigenvalue weighted by atomic mass is 31.2. The van der Waals surface area contributed by atoms with Crippen molar-refractivity contribution in [2.75, 3.05) is 19.7 Å². The second-order valence-electron chi connectivity index (χ2n) is 7.42. The van der Waals surface area contributed by atoms with Gasteiger partial charge < -0.3 is 31.7 Å². The Balaban J connectivity index is 5.77. The van der Waals surface area contributed by atoms with Gasteiger partial charge in [-0.3, -0.25) is 19.5 Å².